The second kappa shape index (κ2) is 8.00. The molecule has 5 rings (SSSR count). The van der Waals surface area contributed by atoms with Gasteiger partial charge in [-0.2, -0.15) is 10.4 Å². The van der Waals surface area contributed by atoms with Gasteiger partial charge in [-0.3, -0.25) is 9.67 Å². The Bertz CT molecular complexity index is 1470. The van der Waals surface area contributed by atoms with Crippen LogP contribution in [0.5, 0.6) is 0 Å². The number of nitrogens with one attached hydrogen (secondary N) is 2. The number of H-pyrrole nitrogens is 1. The van der Waals surface area contributed by atoms with Crippen molar-refractivity contribution in [1.29, 1.82) is 5.26 Å². The molecule has 3 heterocycles. The smallest absolute Gasteiger partial charge is 0.201 e. The van der Waals surface area contributed by atoms with Gasteiger partial charge in [0, 0.05) is 30.2 Å². The fourth-order valence-corrected chi connectivity index (χ4v) is 3.78. The molecular weight excluding hydrogens is 398 g/mol. The maximum absolute atomic E-state index is 9.14. The Morgan fingerprint density at radius 2 is 1.94 bits per heavy atom. The highest BCUT2D eigenvalue weighted by Crippen LogP contribution is 2.32. The summed E-state index contributed by atoms with van der Waals surface area (Å²) in [7, 11) is 1.93. The van der Waals surface area contributed by atoms with Crippen LogP contribution in [0.1, 0.15) is 16.8 Å². The molecule has 156 valence electrons. The highest BCUT2D eigenvalue weighted by molar-refractivity contribution is 5.87. The topological polar surface area (TPSA) is 95.2 Å². The number of fused-ring (bicyclic) bond motifs is 1. The fraction of sp³-hybridized carbons (Fsp3) is 0.120. The number of aromatic nitrogens is 5. The zero-order valence-corrected chi connectivity index (χ0v) is 17.8. The van der Waals surface area contributed by atoms with Crippen LogP contribution in [0.3, 0.4) is 0 Å². The molecule has 2 N–H and O–H groups in total. The van der Waals surface area contributed by atoms with Gasteiger partial charge in [-0.1, -0.05) is 24.3 Å². The van der Waals surface area contributed by atoms with Crippen molar-refractivity contribution < 1.29 is 0 Å². The van der Waals surface area contributed by atoms with Gasteiger partial charge in [0.1, 0.15) is 0 Å². The summed E-state index contributed by atoms with van der Waals surface area (Å²) in [4.78, 5) is 13.0. The van der Waals surface area contributed by atoms with Crippen LogP contribution in [-0.4, -0.2) is 24.7 Å². The molecule has 0 spiro atoms. The van der Waals surface area contributed by atoms with Crippen molar-refractivity contribution in [2.45, 2.75) is 13.5 Å². The molecule has 3 aromatic heterocycles. The van der Waals surface area contributed by atoms with E-state index in [9.17, 15) is 0 Å². The van der Waals surface area contributed by atoms with E-state index in [1.807, 2.05) is 61.2 Å². The first kappa shape index (κ1) is 19.5. The van der Waals surface area contributed by atoms with E-state index in [-0.39, 0.29) is 0 Å². The molecule has 0 fully saturated rings. The summed E-state index contributed by atoms with van der Waals surface area (Å²) < 4.78 is 1.86. The van der Waals surface area contributed by atoms with Crippen molar-refractivity contribution in [3.05, 3.63) is 83.7 Å². The van der Waals surface area contributed by atoms with E-state index in [4.69, 9.17) is 15.2 Å². The third-order valence-electron chi connectivity index (χ3n) is 5.38. The monoisotopic (exact) mass is 419 g/mol. The minimum Gasteiger partial charge on any atom is -0.352 e. The molecule has 0 aliphatic heterocycles. The van der Waals surface area contributed by atoms with E-state index in [0.717, 1.165) is 44.8 Å². The van der Waals surface area contributed by atoms with Crippen LogP contribution in [0.4, 0.5) is 5.95 Å². The number of nitriles is 1. The van der Waals surface area contributed by atoms with Gasteiger partial charge in [-0.05, 0) is 48.9 Å². The normalized spacial score (nSPS) is 10.9. The van der Waals surface area contributed by atoms with Crippen molar-refractivity contribution in [3.8, 4) is 28.7 Å². The summed E-state index contributed by atoms with van der Waals surface area (Å²) in [5.41, 5.74) is 7.14. The van der Waals surface area contributed by atoms with Gasteiger partial charge in [-0.15, -0.1) is 0 Å². The van der Waals surface area contributed by atoms with Gasteiger partial charge < -0.3 is 10.3 Å². The van der Waals surface area contributed by atoms with Crippen molar-refractivity contribution in [2.24, 2.45) is 7.05 Å². The SMILES string of the molecule is Cc1cccc(-c2[nH]c(NCc3cccc(C#N)c3)nc2-c2ccc3c(cnn3C)c2)n1. The van der Waals surface area contributed by atoms with Crippen LogP contribution in [0.25, 0.3) is 33.5 Å². The van der Waals surface area contributed by atoms with Gasteiger partial charge in [0.05, 0.1) is 40.4 Å². The summed E-state index contributed by atoms with van der Waals surface area (Å²) in [6.07, 6.45) is 1.86. The van der Waals surface area contributed by atoms with Gasteiger partial charge in [0.25, 0.3) is 0 Å². The number of nitrogens with zero attached hydrogens (tertiary/aromatic N) is 5. The number of rotatable bonds is 5. The van der Waals surface area contributed by atoms with E-state index in [1.54, 1.807) is 6.07 Å². The molecule has 32 heavy (non-hydrogen) atoms. The van der Waals surface area contributed by atoms with Gasteiger partial charge in [-0.25, -0.2) is 4.98 Å². The first-order chi connectivity index (χ1) is 15.6. The molecule has 2 aromatic carbocycles. The summed E-state index contributed by atoms with van der Waals surface area (Å²) in [5, 5.41) is 17.9. The van der Waals surface area contributed by atoms with E-state index >= 15 is 0 Å². The van der Waals surface area contributed by atoms with Crippen LogP contribution < -0.4 is 5.32 Å². The highest BCUT2D eigenvalue weighted by atomic mass is 15.2. The minimum atomic E-state index is 0.546. The number of hydrogen-bond donors (Lipinski definition) is 2. The highest BCUT2D eigenvalue weighted by Gasteiger charge is 2.16. The third-order valence-corrected chi connectivity index (χ3v) is 5.38. The molecule has 0 radical (unpaired) electrons. The predicted octanol–water partition coefficient (Wildman–Crippen LogP) is 4.82. The van der Waals surface area contributed by atoms with Crippen LogP contribution in [0.2, 0.25) is 0 Å². The van der Waals surface area contributed by atoms with Crippen molar-refractivity contribution in [1.82, 2.24) is 24.7 Å². The molecule has 0 bridgehead atoms. The molecule has 0 unspecified atom stereocenters. The number of benzene rings is 2. The zero-order chi connectivity index (χ0) is 22.1. The summed E-state index contributed by atoms with van der Waals surface area (Å²) >= 11 is 0. The Morgan fingerprint density at radius 3 is 2.78 bits per heavy atom. The maximum Gasteiger partial charge on any atom is 0.201 e. The fourth-order valence-electron chi connectivity index (χ4n) is 3.78. The first-order valence-corrected chi connectivity index (χ1v) is 10.3. The molecule has 7 heteroatoms. The second-order valence-corrected chi connectivity index (χ2v) is 7.68. The lowest BCUT2D eigenvalue weighted by Crippen LogP contribution is -2.01. The molecule has 0 saturated heterocycles. The van der Waals surface area contributed by atoms with Gasteiger partial charge in [0.2, 0.25) is 5.95 Å². The Kier molecular flexibility index (Phi) is 4.88. The van der Waals surface area contributed by atoms with E-state index < -0.39 is 0 Å². The molecule has 7 nitrogen and oxygen atoms in total. The van der Waals surface area contributed by atoms with Crippen molar-refractivity contribution in [3.63, 3.8) is 0 Å². The third kappa shape index (κ3) is 3.70. The largest absolute Gasteiger partial charge is 0.352 e. The number of aromatic amines is 1. The molecule has 0 saturated carbocycles. The second-order valence-electron chi connectivity index (χ2n) is 7.68. The lowest BCUT2D eigenvalue weighted by Gasteiger charge is -2.04. The summed E-state index contributed by atoms with van der Waals surface area (Å²) in [6, 6.07) is 21.9. The number of anilines is 1. The molecule has 0 amide bonds. The Hall–Kier alpha value is -4.44. The van der Waals surface area contributed by atoms with Crippen LogP contribution in [-0.2, 0) is 13.6 Å². The Morgan fingerprint density at radius 1 is 1.06 bits per heavy atom. The lowest BCUT2D eigenvalue weighted by atomic mass is 10.1. The average Bonchev–Trinajstić information content (AvgIpc) is 3.41. The minimum absolute atomic E-state index is 0.546. The standard InChI is InChI=1S/C25H21N7/c1-16-5-3-8-21(29-16)24-23(19-9-10-22-20(12-19)15-28-32(22)2)30-25(31-24)27-14-18-7-4-6-17(11-18)13-26/h3-12,15H,14H2,1-2H3,(H2,27,30,31). The van der Waals surface area contributed by atoms with E-state index in [2.05, 4.69) is 39.7 Å². The zero-order valence-electron chi connectivity index (χ0n) is 17.8. The van der Waals surface area contributed by atoms with Crippen molar-refractivity contribution in [2.75, 3.05) is 5.32 Å². The number of imidazole rings is 1. The first-order valence-electron chi connectivity index (χ1n) is 10.3. The summed E-state index contributed by atoms with van der Waals surface area (Å²) in [6.45, 7) is 2.52. The average molecular weight is 419 g/mol. The van der Waals surface area contributed by atoms with Gasteiger partial charge in [0.15, 0.2) is 0 Å². The molecular formula is C25H21N7. The van der Waals surface area contributed by atoms with Crippen LogP contribution in [0, 0.1) is 18.3 Å². The van der Waals surface area contributed by atoms with Crippen molar-refractivity contribution >= 4 is 16.9 Å². The number of hydrogen-bond acceptors (Lipinski definition) is 5. The van der Waals surface area contributed by atoms with E-state index in [0.29, 0.717) is 18.1 Å². The molecule has 0 aliphatic carbocycles. The van der Waals surface area contributed by atoms with E-state index in [1.165, 1.54) is 0 Å². The van der Waals surface area contributed by atoms with Crippen LogP contribution in [0.15, 0.2) is 66.9 Å². The maximum atomic E-state index is 9.14. The Labute approximate surface area is 185 Å². The Balaban J connectivity index is 1.54. The molecule has 0 atom stereocenters. The molecule has 0 aliphatic rings. The lowest BCUT2D eigenvalue weighted by molar-refractivity contribution is 0.797. The van der Waals surface area contributed by atoms with Crippen LogP contribution >= 0.6 is 0 Å². The van der Waals surface area contributed by atoms with Gasteiger partial charge >= 0.3 is 0 Å². The number of pyridine rings is 1. The predicted molar refractivity (Wildman–Crippen MR) is 125 cm³/mol. The quantitative estimate of drug-likeness (QED) is 0.426. The molecule has 5 aromatic rings. The summed E-state index contributed by atoms with van der Waals surface area (Å²) in [5.74, 6) is 0.645. The number of aryl methyl sites for hydroxylation is 2.